The molecule has 1 aromatic heterocycles. The molecule has 3 rings (SSSR count). The minimum Gasteiger partial charge on any atom is -0.361 e. The predicted octanol–water partition coefficient (Wildman–Crippen LogP) is 3.87. The van der Waals surface area contributed by atoms with Crippen LogP contribution in [0.3, 0.4) is 0 Å². The van der Waals surface area contributed by atoms with Gasteiger partial charge >= 0.3 is 6.18 Å². The van der Waals surface area contributed by atoms with Gasteiger partial charge in [0.15, 0.2) is 0 Å². The van der Waals surface area contributed by atoms with Crippen molar-refractivity contribution in [1.29, 1.82) is 0 Å². The number of H-pyrrole nitrogens is 1. The molecule has 0 aliphatic heterocycles. The maximum absolute atomic E-state index is 12.9. The van der Waals surface area contributed by atoms with Crippen LogP contribution in [0.1, 0.15) is 17.5 Å². The number of amides is 2. The molecule has 0 aliphatic rings. The summed E-state index contributed by atoms with van der Waals surface area (Å²) in [5, 5.41) is 5.82. The third-order valence-corrected chi connectivity index (χ3v) is 4.22. The van der Waals surface area contributed by atoms with Crippen molar-refractivity contribution in [3.63, 3.8) is 0 Å². The minimum absolute atomic E-state index is 0.313. The number of benzene rings is 2. The number of fused-ring (bicyclic) bond motifs is 1. The molecule has 28 heavy (non-hydrogen) atoms. The highest BCUT2D eigenvalue weighted by Crippen LogP contribution is 2.34. The molecule has 5 nitrogen and oxygen atoms in total. The number of nitrogens with one attached hydrogen (secondary N) is 3. The molecule has 146 valence electrons. The number of para-hydroxylation sites is 2. The van der Waals surface area contributed by atoms with E-state index in [0.717, 1.165) is 28.6 Å². The Hall–Kier alpha value is -3.29. The third kappa shape index (κ3) is 4.70. The summed E-state index contributed by atoms with van der Waals surface area (Å²) < 4.78 is 38.8. The number of hydrogen-bond donors (Lipinski definition) is 3. The standard InChI is InChI=1S/C20H18F3N3O2/c21-20(22,23)15-6-2-4-8-17(15)26-19(28)11-18(27)24-10-9-13-12-25-16-7-3-1-5-14(13)16/h1-8,12,25H,9-11H2,(H,24,27)(H,26,28). The predicted molar refractivity (Wildman–Crippen MR) is 99.7 cm³/mol. The molecule has 3 N–H and O–H groups in total. The first kappa shape index (κ1) is 19.5. The van der Waals surface area contributed by atoms with Gasteiger partial charge < -0.3 is 15.6 Å². The van der Waals surface area contributed by atoms with E-state index in [2.05, 4.69) is 15.6 Å². The monoisotopic (exact) mass is 389 g/mol. The van der Waals surface area contributed by atoms with Crippen LogP contribution in [0.25, 0.3) is 10.9 Å². The molecule has 2 aromatic carbocycles. The molecule has 0 spiro atoms. The van der Waals surface area contributed by atoms with E-state index in [1.54, 1.807) is 0 Å². The number of rotatable bonds is 6. The minimum atomic E-state index is -4.59. The number of carbonyl (C=O) groups is 2. The third-order valence-electron chi connectivity index (χ3n) is 4.22. The van der Waals surface area contributed by atoms with Gasteiger partial charge in [-0.2, -0.15) is 13.2 Å². The van der Waals surface area contributed by atoms with E-state index >= 15 is 0 Å². The first-order valence-corrected chi connectivity index (χ1v) is 8.62. The van der Waals surface area contributed by atoms with Gasteiger partial charge in [-0.3, -0.25) is 9.59 Å². The van der Waals surface area contributed by atoms with Crippen molar-refractivity contribution in [3.05, 3.63) is 65.9 Å². The molecule has 0 unspecified atom stereocenters. The molecule has 0 saturated heterocycles. The van der Waals surface area contributed by atoms with Gasteiger partial charge in [-0.1, -0.05) is 30.3 Å². The van der Waals surface area contributed by atoms with Crippen LogP contribution in [0.2, 0.25) is 0 Å². The lowest BCUT2D eigenvalue weighted by molar-refractivity contribution is -0.137. The van der Waals surface area contributed by atoms with E-state index in [1.165, 1.54) is 12.1 Å². The van der Waals surface area contributed by atoms with Gasteiger partial charge in [0.2, 0.25) is 11.8 Å². The van der Waals surface area contributed by atoms with Crippen molar-refractivity contribution in [1.82, 2.24) is 10.3 Å². The largest absolute Gasteiger partial charge is 0.418 e. The lowest BCUT2D eigenvalue weighted by Crippen LogP contribution is -2.30. The zero-order valence-corrected chi connectivity index (χ0v) is 14.8. The lowest BCUT2D eigenvalue weighted by atomic mass is 10.1. The van der Waals surface area contributed by atoms with Crippen molar-refractivity contribution in [2.75, 3.05) is 11.9 Å². The van der Waals surface area contributed by atoms with Crippen LogP contribution in [0, 0.1) is 0 Å². The van der Waals surface area contributed by atoms with Crippen molar-refractivity contribution >= 4 is 28.4 Å². The van der Waals surface area contributed by atoms with Crippen LogP contribution >= 0.6 is 0 Å². The smallest absolute Gasteiger partial charge is 0.361 e. The van der Waals surface area contributed by atoms with Crippen molar-refractivity contribution < 1.29 is 22.8 Å². The van der Waals surface area contributed by atoms with Gasteiger partial charge in [-0.25, -0.2) is 0 Å². The Labute approximate surface area is 158 Å². The van der Waals surface area contributed by atoms with Crippen LogP contribution in [-0.4, -0.2) is 23.3 Å². The summed E-state index contributed by atoms with van der Waals surface area (Å²) >= 11 is 0. The first-order valence-electron chi connectivity index (χ1n) is 8.62. The van der Waals surface area contributed by atoms with Gasteiger partial charge in [-0.05, 0) is 30.2 Å². The fraction of sp³-hybridized carbons (Fsp3) is 0.200. The number of alkyl halides is 3. The Balaban J connectivity index is 1.51. The van der Waals surface area contributed by atoms with Crippen LogP contribution < -0.4 is 10.6 Å². The highest BCUT2D eigenvalue weighted by molar-refractivity contribution is 6.03. The fourth-order valence-electron chi connectivity index (χ4n) is 2.92. The molecular weight excluding hydrogens is 371 g/mol. The van der Waals surface area contributed by atoms with Gasteiger partial charge in [0.1, 0.15) is 6.42 Å². The Morgan fingerprint density at radius 2 is 1.68 bits per heavy atom. The first-order chi connectivity index (χ1) is 13.3. The number of carbonyl (C=O) groups excluding carboxylic acids is 2. The second kappa shape index (κ2) is 8.16. The molecular formula is C20H18F3N3O2. The van der Waals surface area contributed by atoms with Gasteiger partial charge in [0.25, 0.3) is 0 Å². The topological polar surface area (TPSA) is 74.0 Å². The quantitative estimate of drug-likeness (QED) is 0.560. The molecule has 0 radical (unpaired) electrons. The maximum Gasteiger partial charge on any atom is 0.418 e. The molecule has 1 heterocycles. The molecule has 2 amide bonds. The molecule has 0 bridgehead atoms. The molecule has 0 saturated carbocycles. The fourth-order valence-corrected chi connectivity index (χ4v) is 2.92. The average Bonchev–Trinajstić information content (AvgIpc) is 3.04. The zero-order chi connectivity index (χ0) is 20.1. The van der Waals surface area contributed by atoms with Gasteiger partial charge in [-0.15, -0.1) is 0 Å². The molecule has 0 aliphatic carbocycles. The van der Waals surface area contributed by atoms with Crippen molar-refractivity contribution in [3.8, 4) is 0 Å². The number of halogens is 3. The zero-order valence-electron chi connectivity index (χ0n) is 14.8. The number of anilines is 1. The Bertz CT molecular complexity index is 996. The van der Waals surface area contributed by atoms with Gasteiger partial charge in [0, 0.05) is 23.6 Å². The summed E-state index contributed by atoms with van der Waals surface area (Å²) in [5.74, 6) is -1.36. The Kier molecular flexibility index (Phi) is 5.67. The number of hydrogen-bond acceptors (Lipinski definition) is 2. The second-order valence-corrected chi connectivity index (χ2v) is 6.23. The second-order valence-electron chi connectivity index (χ2n) is 6.23. The highest BCUT2D eigenvalue weighted by atomic mass is 19.4. The number of aromatic amines is 1. The van der Waals surface area contributed by atoms with E-state index in [4.69, 9.17) is 0 Å². The lowest BCUT2D eigenvalue weighted by Gasteiger charge is -2.13. The Morgan fingerprint density at radius 3 is 2.46 bits per heavy atom. The van der Waals surface area contributed by atoms with Crippen LogP contribution in [-0.2, 0) is 22.2 Å². The number of aromatic nitrogens is 1. The summed E-state index contributed by atoms with van der Waals surface area (Å²) in [6.45, 7) is 0.313. The molecule has 0 fully saturated rings. The molecule has 0 atom stereocenters. The summed E-state index contributed by atoms with van der Waals surface area (Å²) in [7, 11) is 0. The normalized spacial score (nSPS) is 11.4. The maximum atomic E-state index is 12.9. The van der Waals surface area contributed by atoms with Crippen LogP contribution in [0.15, 0.2) is 54.7 Å². The van der Waals surface area contributed by atoms with Crippen LogP contribution in [0.5, 0.6) is 0 Å². The van der Waals surface area contributed by atoms with Gasteiger partial charge in [0.05, 0.1) is 11.3 Å². The highest BCUT2D eigenvalue weighted by Gasteiger charge is 2.33. The van der Waals surface area contributed by atoms with E-state index in [0.29, 0.717) is 13.0 Å². The summed E-state index contributed by atoms with van der Waals surface area (Å²) in [4.78, 5) is 27.0. The summed E-state index contributed by atoms with van der Waals surface area (Å²) in [5.41, 5.74) is 0.695. The molecule has 8 heteroatoms. The summed E-state index contributed by atoms with van der Waals surface area (Å²) in [6, 6.07) is 12.4. The van der Waals surface area contributed by atoms with E-state index in [-0.39, 0.29) is 5.69 Å². The van der Waals surface area contributed by atoms with E-state index in [9.17, 15) is 22.8 Å². The molecule has 3 aromatic rings. The van der Waals surface area contributed by atoms with E-state index in [1.807, 2.05) is 30.5 Å². The van der Waals surface area contributed by atoms with Crippen LogP contribution in [0.4, 0.5) is 18.9 Å². The van der Waals surface area contributed by atoms with Crippen molar-refractivity contribution in [2.45, 2.75) is 19.0 Å². The van der Waals surface area contributed by atoms with Crippen molar-refractivity contribution in [2.24, 2.45) is 0 Å². The Morgan fingerprint density at radius 1 is 0.964 bits per heavy atom. The SMILES string of the molecule is O=C(CC(=O)Nc1ccccc1C(F)(F)F)NCCc1c[nH]c2ccccc12. The van der Waals surface area contributed by atoms with E-state index < -0.39 is 30.0 Å². The summed E-state index contributed by atoms with van der Waals surface area (Å²) in [6.07, 6.45) is -2.72. The average molecular weight is 389 g/mol.